The lowest BCUT2D eigenvalue weighted by molar-refractivity contribution is -0.141. The van der Waals surface area contributed by atoms with Crippen LogP contribution in [0.25, 0.3) is 43.9 Å². The Kier molecular flexibility index (Phi) is 24.9. The van der Waals surface area contributed by atoms with Crippen LogP contribution in [-0.4, -0.2) is 118 Å². The number of unbranched alkanes of at least 4 members (excludes halogenated alkanes) is 8. The number of carbonyl (C=O) groups excluding carboxylic acids is 6. The molecule has 7 N–H and O–H groups in total. The topological polar surface area (TPSA) is 261 Å². The largest absolute Gasteiger partial charge is 0.468 e. The first kappa shape index (κ1) is 64.2. The Hall–Kier alpha value is -7.41. The molecule has 6 aromatic rings. The second kappa shape index (κ2) is 32.6. The number of nitrogens with zero attached hydrogens (tertiary/aromatic N) is 7. The van der Waals surface area contributed by atoms with Crippen LogP contribution in [0.4, 0.5) is 26.1 Å². The number of likely N-dealkylation sites (tertiary alicyclic amines) is 1. The van der Waals surface area contributed by atoms with Crippen molar-refractivity contribution in [3.63, 3.8) is 0 Å². The highest BCUT2D eigenvalue weighted by atomic mass is 32.2. The molecule has 20 nitrogen and oxygen atoms in total. The van der Waals surface area contributed by atoms with Crippen molar-refractivity contribution in [2.24, 2.45) is 0 Å². The molecule has 0 spiro atoms. The van der Waals surface area contributed by atoms with Crippen molar-refractivity contribution in [2.75, 3.05) is 68.1 Å². The summed E-state index contributed by atoms with van der Waals surface area (Å²) in [5.74, 6) is -0.573. The molecule has 8 rings (SSSR count). The predicted octanol–water partition coefficient (Wildman–Crippen LogP) is 9.17. The summed E-state index contributed by atoms with van der Waals surface area (Å²) in [6.07, 6.45) is 14.8. The molecule has 2 aliphatic rings. The molecular formula is C60H77F2N13O7S2. The number of hydrogen-bond acceptors (Lipinski definition) is 17. The van der Waals surface area contributed by atoms with Crippen molar-refractivity contribution in [2.45, 2.75) is 129 Å². The Morgan fingerprint density at radius 1 is 0.857 bits per heavy atom. The summed E-state index contributed by atoms with van der Waals surface area (Å²) < 4.78 is 40.5. The number of thiazole rings is 1. The van der Waals surface area contributed by atoms with Gasteiger partial charge in [-0.25, -0.2) is 34.2 Å². The van der Waals surface area contributed by atoms with Crippen LogP contribution in [0.15, 0.2) is 60.8 Å². The first-order valence-corrected chi connectivity index (χ1v) is 30.6. The molecule has 84 heavy (non-hydrogen) atoms. The van der Waals surface area contributed by atoms with Gasteiger partial charge in [-0.1, -0.05) is 82.0 Å². The van der Waals surface area contributed by atoms with Crippen LogP contribution in [0.1, 0.15) is 125 Å². The maximum absolute atomic E-state index is 16.0. The normalized spacial score (nSPS) is 13.1. The molecule has 5 heterocycles. The zero-order chi connectivity index (χ0) is 60.0. The molecule has 0 aliphatic carbocycles. The third kappa shape index (κ3) is 17.6. The van der Waals surface area contributed by atoms with E-state index in [0.717, 1.165) is 110 Å². The molecule has 1 fully saturated rings. The summed E-state index contributed by atoms with van der Waals surface area (Å²) in [5, 5.41) is 15.5. The number of anilines is 3. The highest BCUT2D eigenvalue weighted by molar-refractivity contribution is 8.00. The second-order valence-corrected chi connectivity index (χ2v) is 22.6. The number of carbonyl (C=O) groups is 6. The van der Waals surface area contributed by atoms with Crippen LogP contribution in [-0.2, 0) is 46.6 Å². The molecule has 4 amide bonds. The number of nitrogen functional groups attached to an aromatic ring is 1. The number of esters is 1. The van der Waals surface area contributed by atoms with E-state index in [4.69, 9.17) is 10.7 Å². The average Bonchev–Trinajstić information content (AvgIpc) is 2.98. The van der Waals surface area contributed by atoms with Gasteiger partial charge in [0.25, 0.3) is 0 Å². The Morgan fingerprint density at radius 2 is 1.58 bits per heavy atom. The highest BCUT2D eigenvalue weighted by Crippen LogP contribution is 2.43. The number of aromatic nitrogens is 5. The Bertz CT molecular complexity index is 3220. The molecule has 450 valence electrons. The smallest absolute Gasteiger partial charge is 0.325 e. The summed E-state index contributed by atoms with van der Waals surface area (Å²) in [6.45, 7) is 6.29. The van der Waals surface area contributed by atoms with Crippen molar-refractivity contribution in [1.82, 2.24) is 51.0 Å². The van der Waals surface area contributed by atoms with Crippen molar-refractivity contribution in [1.29, 1.82) is 0 Å². The molecule has 0 bridgehead atoms. The zero-order valence-electron chi connectivity index (χ0n) is 48.3. The SMILES string of the molecule is CCCSNc1cccc(-c2nc(C3CCN(C(=O)CCCCCCCCCCCNC(=O)CCC(=O)N4NCc5cc(F)c(-c6cccc7c6c(C)nn7CC=O)cc54)CC3)sc2-c2ccnc(N)n2)c1F.CNCC(=O)NCC(=O)OC. The molecule has 3 aromatic carbocycles. The fourth-order valence-corrected chi connectivity index (χ4v) is 12.0. The summed E-state index contributed by atoms with van der Waals surface area (Å²) in [5.41, 5.74) is 14.5. The monoisotopic (exact) mass is 1190 g/mol. The number of rotatable bonds is 29. The molecule has 24 heteroatoms. The number of nitrogens with one attached hydrogen (secondary N) is 5. The van der Waals surface area contributed by atoms with Crippen LogP contribution in [0.3, 0.4) is 0 Å². The number of aryl methyl sites for hydroxylation is 1. The third-order valence-electron chi connectivity index (χ3n) is 14.5. The number of ether oxygens (including phenoxy) is 1. The minimum Gasteiger partial charge on any atom is -0.468 e. The molecule has 0 unspecified atom stereocenters. The van der Waals surface area contributed by atoms with Crippen LogP contribution in [0.5, 0.6) is 0 Å². The van der Waals surface area contributed by atoms with Crippen molar-refractivity contribution >= 4 is 87.4 Å². The first-order chi connectivity index (χ1) is 40.7. The van der Waals surface area contributed by atoms with E-state index in [9.17, 15) is 28.8 Å². The van der Waals surface area contributed by atoms with Gasteiger partial charge in [0.2, 0.25) is 29.6 Å². The predicted molar refractivity (Wildman–Crippen MR) is 325 cm³/mol. The number of hydrogen-bond donors (Lipinski definition) is 6. The maximum Gasteiger partial charge on any atom is 0.325 e. The molecule has 0 radical (unpaired) electrons. The number of methoxy groups -OCH3 is 1. The third-order valence-corrected chi connectivity index (χ3v) is 16.7. The van der Waals surface area contributed by atoms with Gasteiger partial charge in [0.15, 0.2) is 5.82 Å². The molecule has 3 aromatic heterocycles. The van der Waals surface area contributed by atoms with Crippen LogP contribution in [0.2, 0.25) is 0 Å². The number of piperidine rings is 1. The van der Waals surface area contributed by atoms with E-state index < -0.39 is 11.8 Å². The van der Waals surface area contributed by atoms with Crippen LogP contribution < -0.4 is 36.8 Å². The quantitative estimate of drug-likeness (QED) is 0.0111. The van der Waals surface area contributed by atoms with Crippen molar-refractivity contribution in [3.8, 4) is 33.0 Å². The number of fused-ring (bicyclic) bond motifs is 2. The number of likely N-dealkylation sites (N-methyl/N-ethyl adjacent to an activating group) is 1. The summed E-state index contributed by atoms with van der Waals surface area (Å²) in [7, 11) is 2.92. The second-order valence-electron chi connectivity index (χ2n) is 20.6. The number of aldehydes is 1. The molecule has 2 aliphatic heterocycles. The number of benzene rings is 3. The van der Waals surface area contributed by atoms with E-state index >= 15 is 8.78 Å². The maximum atomic E-state index is 16.0. The van der Waals surface area contributed by atoms with Crippen LogP contribution >= 0.6 is 23.3 Å². The Morgan fingerprint density at radius 3 is 2.30 bits per heavy atom. The van der Waals surface area contributed by atoms with Gasteiger partial charge in [0.1, 0.15) is 18.6 Å². The van der Waals surface area contributed by atoms with Gasteiger partial charge >= 0.3 is 5.97 Å². The average molecular weight is 1190 g/mol. The number of hydrazine groups is 1. The van der Waals surface area contributed by atoms with Gasteiger partial charge in [-0.3, -0.25) is 28.7 Å². The highest BCUT2D eigenvalue weighted by Gasteiger charge is 2.30. The van der Waals surface area contributed by atoms with Crippen molar-refractivity contribution < 1.29 is 42.3 Å². The van der Waals surface area contributed by atoms with E-state index in [-0.39, 0.29) is 80.3 Å². The molecular weight excluding hydrogens is 1120 g/mol. The number of nitrogens with two attached hydrogens (primary N) is 1. The lowest BCUT2D eigenvalue weighted by atomic mass is 9.97. The van der Waals surface area contributed by atoms with Crippen molar-refractivity contribution in [3.05, 3.63) is 88.7 Å². The van der Waals surface area contributed by atoms with E-state index in [0.29, 0.717) is 76.8 Å². The Labute approximate surface area is 497 Å². The minimum atomic E-state index is -0.450. The summed E-state index contributed by atoms with van der Waals surface area (Å²) in [4.78, 5) is 87.9. The summed E-state index contributed by atoms with van der Waals surface area (Å²) >= 11 is 2.98. The van der Waals surface area contributed by atoms with E-state index in [1.165, 1.54) is 41.5 Å². The first-order valence-electron chi connectivity index (χ1n) is 28.8. The summed E-state index contributed by atoms with van der Waals surface area (Å²) in [6, 6.07) is 15.6. The van der Waals surface area contributed by atoms with E-state index in [1.807, 2.05) is 30.0 Å². The van der Waals surface area contributed by atoms with Gasteiger partial charge in [-0.2, -0.15) is 5.10 Å². The van der Waals surface area contributed by atoms with Gasteiger partial charge in [0, 0.05) is 79.8 Å². The van der Waals surface area contributed by atoms with Gasteiger partial charge in [-0.05, 0) is 93.6 Å². The fourth-order valence-electron chi connectivity index (χ4n) is 10.2. The number of amides is 4. The van der Waals surface area contributed by atoms with Gasteiger partial charge in [0.05, 0.1) is 64.1 Å². The lowest BCUT2D eigenvalue weighted by Gasteiger charge is -2.31. The van der Waals surface area contributed by atoms with E-state index in [2.05, 4.69) is 52.8 Å². The fraction of sp³-hybridized carbons (Fsp3) is 0.467. The Balaban J connectivity index is 0.000000834. The lowest BCUT2D eigenvalue weighted by Crippen LogP contribution is -2.38. The molecule has 0 atom stereocenters. The van der Waals surface area contributed by atoms with Gasteiger partial charge in [-0.15, -0.1) is 11.3 Å². The minimum absolute atomic E-state index is 0.00300. The van der Waals surface area contributed by atoms with Crippen LogP contribution in [0, 0.1) is 18.6 Å². The zero-order valence-corrected chi connectivity index (χ0v) is 50.0. The molecule has 1 saturated heterocycles. The molecule has 0 saturated carbocycles. The van der Waals surface area contributed by atoms with E-state index in [1.54, 1.807) is 48.3 Å². The number of halogens is 2. The standard InChI is InChI=1S/C54H65F2N11O4S2.C6H12N2O3/c1-3-31-72-64-42-17-13-16-39(50(42)56)51-52(43-22-26-59-54(57)61-43)73-53(62-51)36-23-27-65(28-24-36)47(70)19-11-9-7-5-4-6-8-10-12-25-58-46(69)20-21-48(71)67-45-33-40(41(55)32-37(45)34-60-67)38-15-14-18-44-49(38)35(2)63-66(44)29-30-68;1-7-3-5(9)8-4-6(10)11-2/h13-18,22,26,30,32-33,36,60,64H,3-12,19-21,23-25,27-29,31,34H2,1-2H3,(H,58,69)(H2,57,59,61);7H,3-4H2,1-2H3,(H,8,9). The van der Waals surface area contributed by atoms with Gasteiger partial charge < -0.3 is 40.8 Å².